The molecule has 9 nitrogen and oxygen atoms in total. The van der Waals surface area contributed by atoms with Gasteiger partial charge in [0.2, 0.25) is 5.91 Å². The summed E-state index contributed by atoms with van der Waals surface area (Å²) in [6.07, 6.45) is 3.97. The lowest BCUT2D eigenvalue weighted by Crippen LogP contribution is -2.48. The molecule has 2 aromatic rings. The predicted octanol–water partition coefficient (Wildman–Crippen LogP) is 3.32. The highest BCUT2D eigenvalue weighted by atomic mass is 35.5. The van der Waals surface area contributed by atoms with Crippen LogP contribution < -0.4 is 20.9 Å². The minimum absolute atomic E-state index is 0.0452. The van der Waals surface area contributed by atoms with Crippen molar-refractivity contribution in [1.29, 1.82) is 0 Å². The molecule has 4 rings (SSSR count). The summed E-state index contributed by atoms with van der Waals surface area (Å²) in [5, 5.41) is 3.44. The molecule has 0 bridgehead atoms. The number of nitrogens with one attached hydrogen (secondary N) is 3. The van der Waals surface area contributed by atoms with Crippen LogP contribution in [-0.4, -0.2) is 40.7 Å². The summed E-state index contributed by atoms with van der Waals surface area (Å²) in [5.74, 6) is -0.573. The van der Waals surface area contributed by atoms with Crippen molar-refractivity contribution >= 4 is 35.4 Å². The number of nitrogens with zero attached hydrogens (tertiary/aromatic N) is 1. The van der Waals surface area contributed by atoms with Crippen LogP contribution in [-0.2, 0) is 16.2 Å². The van der Waals surface area contributed by atoms with Crippen LogP contribution in [0.1, 0.15) is 54.4 Å². The summed E-state index contributed by atoms with van der Waals surface area (Å²) >= 11 is 5.86. The standard InChI is InChI=1S/C25H27ClN4O5/c26-19-8-10-20(11-9-19)35-16-17-4-6-18(7-5-17)22(32)29-28-21(31)12-15-30-23(33)25(27-24(30)34)13-2-1-3-14-25/h4-11H,1-3,12-16H2,(H,27,34)(H,28,31)(H,29,32). The number of ether oxygens (including phenoxy) is 1. The number of benzene rings is 2. The molecule has 2 fully saturated rings. The molecule has 0 atom stereocenters. The van der Waals surface area contributed by atoms with Crippen LogP contribution in [0.3, 0.4) is 0 Å². The van der Waals surface area contributed by atoms with E-state index in [9.17, 15) is 19.2 Å². The first-order valence-corrected chi connectivity index (χ1v) is 11.9. The van der Waals surface area contributed by atoms with Gasteiger partial charge in [-0.25, -0.2) is 4.79 Å². The molecule has 1 spiro atoms. The Hall–Kier alpha value is -3.59. The maximum atomic E-state index is 12.8. The molecule has 1 saturated heterocycles. The number of carbonyl (C=O) groups excluding carboxylic acids is 4. The fourth-order valence-corrected chi connectivity index (χ4v) is 4.42. The zero-order chi connectivity index (χ0) is 24.8. The first-order chi connectivity index (χ1) is 16.9. The van der Waals surface area contributed by atoms with Crippen LogP contribution in [0.15, 0.2) is 48.5 Å². The zero-order valence-corrected chi connectivity index (χ0v) is 19.9. The molecule has 0 aromatic heterocycles. The normalized spacial score (nSPS) is 16.7. The number of hydrazine groups is 1. The molecule has 1 saturated carbocycles. The van der Waals surface area contributed by atoms with Crippen LogP contribution in [0, 0.1) is 0 Å². The van der Waals surface area contributed by atoms with Crippen molar-refractivity contribution in [1.82, 2.24) is 21.1 Å². The van der Waals surface area contributed by atoms with E-state index in [1.165, 1.54) is 0 Å². The summed E-state index contributed by atoms with van der Waals surface area (Å²) < 4.78 is 5.67. The first kappa shape index (κ1) is 24.5. The zero-order valence-electron chi connectivity index (χ0n) is 19.1. The number of urea groups is 1. The average molecular weight is 499 g/mol. The summed E-state index contributed by atoms with van der Waals surface area (Å²) in [7, 11) is 0. The van der Waals surface area contributed by atoms with Gasteiger partial charge in [0, 0.05) is 23.6 Å². The largest absolute Gasteiger partial charge is 0.489 e. The van der Waals surface area contributed by atoms with Gasteiger partial charge < -0.3 is 10.1 Å². The Balaban J connectivity index is 1.20. The Morgan fingerprint density at radius 3 is 2.34 bits per heavy atom. The van der Waals surface area contributed by atoms with Crippen molar-refractivity contribution in [2.45, 2.75) is 50.7 Å². The van der Waals surface area contributed by atoms with Gasteiger partial charge in [0.25, 0.3) is 11.8 Å². The maximum Gasteiger partial charge on any atom is 0.325 e. The number of rotatable bonds is 7. The fourth-order valence-electron chi connectivity index (χ4n) is 4.30. The monoisotopic (exact) mass is 498 g/mol. The average Bonchev–Trinajstić information content (AvgIpc) is 3.09. The van der Waals surface area contributed by atoms with Crippen molar-refractivity contribution in [3.05, 3.63) is 64.7 Å². The van der Waals surface area contributed by atoms with Gasteiger partial charge in [-0.05, 0) is 54.8 Å². The first-order valence-electron chi connectivity index (χ1n) is 11.6. The van der Waals surface area contributed by atoms with E-state index in [1.54, 1.807) is 48.5 Å². The van der Waals surface area contributed by atoms with Crippen molar-refractivity contribution in [3.8, 4) is 5.75 Å². The SMILES string of the molecule is O=C(CCN1C(=O)NC2(CCCCC2)C1=O)NNC(=O)c1ccc(COc2ccc(Cl)cc2)cc1. The number of amides is 5. The van der Waals surface area contributed by atoms with E-state index < -0.39 is 23.4 Å². The van der Waals surface area contributed by atoms with Crippen molar-refractivity contribution in [3.63, 3.8) is 0 Å². The van der Waals surface area contributed by atoms with E-state index in [1.807, 2.05) is 0 Å². The van der Waals surface area contributed by atoms with Crippen LogP contribution in [0.5, 0.6) is 5.75 Å². The molecule has 5 amide bonds. The molecular formula is C25H27ClN4O5. The summed E-state index contributed by atoms with van der Waals surface area (Å²) in [6, 6.07) is 13.3. The van der Waals surface area contributed by atoms with E-state index in [0.717, 1.165) is 29.7 Å². The van der Waals surface area contributed by atoms with Gasteiger partial charge in [0.05, 0.1) is 0 Å². The second-order valence-corrected chi connectivity index (χ2v) is 9.16. The minimum atomic E-state index is -0.813. The number of hydrogen-bond donors (Lipinski definition) is 3. The Morgan fingerprint density at radius 2 is 1.66 bits per heavy atom. The molecule has 184 valence electrons. The molecular weight excluding hydrogens is 472 g/mol. The Bertz CT molecular complexity index is 1100. The molecule has 3 N–H and O–H groups in total. The highest BCUT2D eigenvalue weighted by molar-refractivity contribution is 6.30. The van der Waals surface area contributed by atoms with Crippen molar-refractivity contribution in [2.24, 2.45) is 0 Å². The third kappa shape index (κ3) is 5.92. The van der Waals surface area contributed by atoms with Crippen molar-refractivity contribution in [2.75, 3.05) is 6.54 Å². The molecule has 1 heterocycles. The van der Waals surface area contributed by atoms with Gasteiger partial charge in [-0.15, -0.1) is 0 Å². The van der Waals surface area contributed by atoms with Gasteiger partial charge in [0.1, 0.15) is 17.9 Å². The topological polar surface area (TPSA) is 117 Å². The number of hydrogen-bond acceptors (Lipinski definition) is 5. The predicted molar refractivity (Wildman–Crippen MR) is 129 cm³/mol. The lowest BCUT2D eigenvalue weighted by Gasteiger charge is -2.30. The van der Waals surface area contributed by atoms with E-state index in [-0.39, 0.29) is 18.9 Å². The smallest absolute Gasteiger partial charge is 0.325 e. The minimum Gasteiger partial charge on any atom is -0.489 e. The molecule has 35 heavy (non-hydrogen) atoms. The molecule has 2 aliphatic rings. The fraction of sp³-hybridized carbons (Fsp3) is 0.360. The maximum absolute atomic E-state index is 12.8. The third-order valence-corrected chi connectivity index (χ3v) is 6.52. The van der Waals surface area contributed by atoms with Crippen LogP contribution in [0.2, 0.25) is 5.02 Å². The summed E-state index contributed by atoms with van der Waals surface area (Å²) in [4.78, 5) is 50.6. The lowest BCUT2D eigenvalue weighted by atomic mass is 9.82. The van der Waals surface area contributed by atoms with E-state index in [2.05, 4.69) is 16.2 Å². The molecule has 0 radical (unpaired) electrons. The van der Waals surface area contributed by atoms with Crippen molar-refractivity contribution < 1.29 is 23.9 Å². The van der Waals surface area contributed by atoms with Gasteiger partial charge >= 0.3 is 6.03 Å². The molecule has 0 unspecified atom stereocenters. The molecule has 1 aliphatic carbocycles. The van der Waals surface area contributed by atoms with Gasteiger partial charge in [-0.1, -0.05) is 43.0 Å². The number of halogens is 1. The van der Waals surface area contributed by atoms with Gasteiger partial charge in [-0.2, -0.15) is 0 Å². The second-order valence-electron chi connectivity index (χ2n) is 8.72. The highest BCUT2D eigenvalue weighted by Crippen LogP contribution is 2.33. The summed E-state index contributed by atoms with van der Waals surface area (Å²) in [6.45, 7) is 0.279. The van der Waals surface area contributed by atoms with E-state index >= 15 is 0 Å². The van der Waals surface area contributed by atoms with Crippen LogP contribution in [0.25, 0.3) is 0 Å². The lowest BCUT2D eigenvalue weighted by molar-refractivity contribution is -0.132. The number of imide groups is 1. The Morgan fingerprint density at radius 1 is 0.971 bits per heavy atom. The van der Waals surface area contributed by atoms with Gasteiger partial charge in [-0.3, -0.25) is 30.1 Å². The summed E-state index contributed by atoms with van der Waals surface area (Å²) in [5.41, 5.74) is 5.09. The second kappa shape index (κ2) is 10.8. The van der Waals surface area contributed by atoms with Crippen LogP contribution in [0.4, 0.5) is 4.79 Å². The van der Waals surface area contributed by atoms with Gasteiger partial charge in [0.15, 0.2) is 0 Å². The molecule has 10 heteroatoms. The quantitative estimate of drug-likeness (QED) is 0.400. The van der Waals surface area contributed by atoms with E-state index in [0.29, 0.717) is 35.8 Å². The Labute approximate surface area is 208 Å². The van der Waals surface area contributed by atoms with E-state index in [4.69, 9.17) is 16.3 Å². The van der Waals surface area contributed by atoms with Crippen LogP contribution >= 0.6 is 11.6 Å². The number of carbonyl (C=O) groups is 4. The highest BCUT2D eigenvalue weighted by Gasteiger charge is 2.51. The Kier molecular flexibility index (Phi) is 7.55. The molecule has 1 aliphatic heterocycles. The third-order valence-electron chi connectivity index (χ3n) is 6.27. The molecule has 2 aromatic carbocycles.